The number of carbonyl (C=O) groups excluding carboxylic acids is 1. The number of thioether (sulfide) groups is 1. The first-order valence-electron chi connectivity index (χ1n) is 6.62. The fourth-order valence-electron chi connectivity index (χ4n) is 1.91. The number of amides is 1. The SMILES string of the molecule is O=C1NC(=Nc2ccc(O)cc2)S/C1=C\c1ccc(O)c(O)c1. The van der Waals surface area contributed by atoms with Crippen LogP contribution in [0.3, 0.4) is 0 Å². The molecule has 0 saturated carbocycles. The third-order valence-electron chi connectivity index (χ3n) is 3.03. The van der Waals surface area contributed by atoms with Gasteiger partial charge in [-0.05, 0) is 59.8 Å². The quantitative estimate of drug-likeness (QED) is 0.501. The average molecular weight is 328 g/mol. The number of carbonyl (C=O) groups is 1. The van der Waals surface area contributed by atoms with Crippen molar-refractivity contribution in [1.29, 1.82) is 0 Å². The van der Waals surface area contributed by atoms with Crippen LogP contribution in [-0.2, 0) is 4.79 Å². The van der Waals surface area contributed by atoms with Crippen molar-refractivity contribution in [1.82, 2.24) is 5.32 Å². The van der Waals surface area contributed by atoms with Crippen LogP contribution in [0.4, 0.5) is 5.69 Å². The van der Waals surface area contributed by atoms with Gasteiger partial charge in [0.15, 0.2) is 16.7 Å². The Labute approximate surface area is 135 Å². The van der Waals surface area contributed by atoms with Gasteiger partial charge in [-0.25, -0.2) is 4.99 Å². The molecule has 0 spiro atoms. The summed E-state index contributed by atoms with van der Waals surface area (Å²) in [6, 6.07) is 10.6. The van der Waals surface area contributed by atoms with Crippen LogP contribution in [0, 0.1) is 0 Å². The number of benzene rings is 2. The van der Waals surface area contributed by atoms with E-state index >= 15 is 0 Å². The summed E-state index contributed by atoms with van der Waals surface area (Å²) in [5.41, 5.74) is 1.19. The Hall–Kier alpha value is -2.93. The predicted molar refractivity (Wildman–Crippen MR) is 88.7 cm³/mol. The molecule has 1 heterocycles. The lowest BCUT2D eigenvalue weighted by molar-refractivity contribution is -0.115. The van der Waals surface area contributed by atoms with Crippen molar-refractivity contribution in [3.63, 3.8) is 0 Å². The molecular formula is C16H12N2O4S. The Kier molecular flexibility index (Phi) is 3.94. The molecule has 3 rings (SSSR count). The number of aromatic hydroxyl groups is 3. The molecule has 0 aromatic heterocycles. The highest BCUT2D eigenvalue weighted by molar-refractivity contribution is 8.18. The van der Waals surface area contributed by atoms with Crippen molar-refractivity contribution >= 4 is 34.6 Å². The predicted octanol–water partition coefficient (Wildman–Crippen LogP) is 2.70. The second-order valence-electron chi connectivity index (χ2n) is 4.75. The van der Waals surface area contributed by atoms with Crippen molar-refractivity contribution in [2.75, 3.05) is 0 Å². The number of nitrogens with one attached hydrogen (secondary N) is 1. The highest BCUT2D eigenvalue weighted by Crippen LogP contribution is 2.31. The van der Waals surface area contributed by atoms with E-state index in [2.05, 4.69) is 10.3 Å². The van der Waals surface area contributed by atoms with Crippen LogP contribution in [-0.4, -0.2) is 26.4 Å². The smallest absolute Gasteiger partial charge is 0.264 e. The van der Waals surface area contributed by atoms with Crippen LogP contribution in [0.1, 0.15) is 5.56 Å². The van der Waals surface area contributed by atoms with Gasteiger partial charge >= 0.3 is 0 Å². The summed E-state index contributed by atoms with van der Waals surface area (Å²) in [5, 5.41) is 31.1. The molecule has 4 N–H and O–H groups in total. The Balaban J connectivity index is 1.83. The van der Waals surface area contributed by atoms with E-state index in [0.717, 1.165) is 0 Å². The third-order valence-corrected chi connectivity index (χ3v) is 3.94. The molecule has 0 atom stereocenters. The maximum Gasteiger partial charge on any atom is 0.264 e. The van der Waals surface area contributed by atoms with Gasteiger partial charge in [0.2, 0.25) is 0 Å². The molecule has 1 aliphatic heterocycles. The molecule has 0 radical (unpaired) electrons. The highest BCUT2D eigenvalue weighted by atomic mass is 32.2. The minimum atomic E-state index is -0.292. The van der Waals surface area contributed by atoms with E-state index in [1.165, 1.54) is 36.0 Å². The third kappa shape index (κ3) is 3.46. The van der Waals surface area contributed by atoms with E-state index in [-0.39, 0.29) is 23.2 Å². The monoisotopic (exact) mass is 328 g/mol. The molecule has 0 aliphatic carbocycles. The maximum absolute atomic E-state index is 12.0. The van der Waals surface area contributed by atoms with Gasteiger partial charge in [-0.15, -0.1) is 0 Å². The van der Waals surface area contributed by atoms with Gasteiger partial charge in [0.1, 0.15) is 5.75 Å². The van der Waals surface area contributed by atoms with Crippen LogP contribution in [0.25, 0.3) is 6.08 Å². The molecule has 116 valence electrons. The van der Waals surface area contributed by atoms with Gasteiger partial charge in [0.25, 0.3) is 5.91 Å². The van der Waals surface area contributed by atoms with Gasteiger partial charge in [-0.3, -0.25) is 4.79 Å². The molecule has 2 aromatic rings. The minimum Gasteiger partial charge on any atom is -0.508 e. The van der Waals surface area contributed by atoms with Gasteiger partial charge in [0.05, 0.1) is 10.6 Å². The fraction of sp³-hybridized carbons (Fsp3) is 0. The van der Waals surface area contributed by atoms with E-state index in [1.807, 2.05) is 0 Å². The number of aliphatic imine (C=N–C) groups is 1. The van der Waals surface area contributed by atoms with Crippen LogP contribution >= 0.6 is 11.8 Å². The zero-order valence-electron chi connectivity index (χ0n) is 11.7. The molecule has 1 aliphatic rings. The first-order valence-corrected chi connectivity index (χ1v) is 7.43. The number of hydrogen-bond acceptors (Lipinski definition) is 6. The number of amidine groups is 1. The fourth-order valence-corrected chi connectivity index (χ4v) is 2.75. The molecule has 0 unspecified atom stereocenters. The van der Waals surface area contributed by atoms with Crippen LogP contribution in [0.2, 0.25) is 0 Å². The molecule has 1 amide bonds. The molecule has 6 nitrogen and oxygen atoms in total. The molecule has 1 saturated heterocycles. The van der Waals surface area contributed by atoms with Crippen molar-refractivity contribution < 1.29 is 20.1 Å². The topological polar surface area (TPSA) is 102 Å². The first-order chi connectivity index (χ1) is 11.0. The molecule has 1 fully saturated rings. The van der Waals surface area contributed by atoms with E-state index < -0.39 is 0 Å². The number of nitrogens with zero attached hydrogens (tertiary/aromatic N) is 1. The summed E-state index contributed by atoms with van der Waals surface area (Å²) in [5.74, 6) is -0.615. The molecular weight excluding hydrogens is 316 g/mol. The lowest BCUT2D eigenvalue weighted by Crippen LogP contribution is -2.19. The molecule has 7 heteroatoms. The lowest BCUT2D eigenvalue weighted by Gasteiger charge is -1.99. The highest BCUT2D eigenvalue weighted by Gasteiger charge is 2.23. The maximum atomic E-state index is 12.0. The molecule has 0 bridgehead atoms. The number of phenols is 3. The summed E-state index contributed by atoms with van der Waals surface area (Å²) in [6.45, 7) is 0. The number of rotatable bonds is 2. The second-order valence-corrected chi connectivity index (χ2v) is 5.78. The number of phenolic OH excluding ortho intramolecular Hbond substituents is 3. The Morgan fingerprint density at radius 1 is 1.00 bits per heavy atom. The van der Waals surface area contributed by atoms with Gasteiger partial charge < -0.3 is 20.6 Å². The van der Waals surface area contributed by atoms with Crippen LogP contribution in [0.15, 0.2) is 52.4 Å². The van der Waals surface area contributed by atoms with Crippen LogP contribution in [0.5, 0.6) is 17.2 Å². The van der Waals surface area contributed by atoms with Crippen LogP contribution < -0.4 is 5.32 Å². The zero-order chi connectivity index (χ0) is 16.4. The molecule has 23 heavy (non-hydrogen) atoms. The van der Waals surface area contributed by atoms with Crippen molar-refractivity contribution in [3.8, 4) is 17.2 Å². The van der Waals surface area contributed by atoms with Crippen molar-refractivity contribution in [2.45, 2.75) is 0 Å². The number of hydrogen-bond donors (Lipinski definition) is 4. The van der Waals surface area contributed by atoms with Gasteiger partial charge in [0, 0.05) is 0 Å². The van der Waals surface area contributed by atoms with E-state index in [4.69, 9.17) is 0 Å². The summed E-state index contributed by atoms with van der Waals surface area (Å²) in [4.78, 5) is 16.7. The van der Waals surface area contributed by atoms with E-state index in [9.17, 15) is 20.1 Å². The normalized spacial score (nSPS) is 17.7. The largest absolute Gasteiger partial charge is 0.508 e. The average Bonchev–Trinajstić information content (AvgIpc) is 2.85. The Morgan fingerprint density at radius 3 is 2.43 bits per heavy atom. The first kappa shape index (κ1) is 15.0. The van der Waals surface area contributed by atoms with Gasteiger partial charge in [-0.2, -0.15) is 0 Å². The van der Waals surface area contributed by atoms with Crippen molar-refractivity contribution in [3.05, 3.63) is 52.9 Å². The van der Waals surface area contributed by atoms with E-state index in [1.54, 1.807) is 24.3 Å². The summed E-state index contributed by atoms with van der Waals surface area (Å²) < 4.78 is 0. The summed E-state index contributed by atoms with van der Waals surface area (Å²) >= 11 is 1.17. The summed E-state index contributed by atoms with van der Waals surface area (Å²) in [7, 11) is 0. The zero-order valence-corrected chi connectivity index (χ0v) is 12.5. The van der Waals surface area contributed by atoms with E-state index in [0.29, 0.717) is 21.3 Å². The van der Waals surface area contributed by atoms with Gasteiger partial charge in [-0.1, -0.05) is 6.07 Å². The standard InChI is InChI=1S/C16H12N2O4S/c19-11-4-2-10(3-5-11)17-16-18-15(22)14(23-16)8-9-1-6-12(20)13(21)7-9/h1-8,19-21H,(H,17,18,22)/b14-8-. The van der Waals surface area contributed by atoms with Crippen molar-refractivity contribution in [2.24, 2.45) is 4.99 Å². The molecule has 2 aromatic carbocycles. The lowest BCUT2D eigenvalue weighted by atomic mass is 10.2. The minimum absolute atomic E-state index is 0.143. The summed E-state index contributed by atoms with van der Waals surface area (Å²) in [6.07, 6.45) is 1.60. The second kappa shape index (κ2) is 6.05. The Morgan fingerprint density at radius 2 is 1.74 bits per heavy atom. The Bertz CT molecular complexity index is 828.